The molecule has 102 valence electrons. The topological polar surface area (TPSA) is 40.5 Å². The van der Waals surface area contributed by atoms with Crippen molar-refractivity contribution in [3.63, 3.8) is 0 Å². The molecule has 2 nitrogen and oxygen atoms in total. The van der Waals surface area contributed by atoms with Crippen LogP contribution in [0.1, 0.15) is 11.1 Å². The third-order valence-electron chi connectivity index (χ3n) is 1.91. The Bertz CT molecular complexity index is 385. The third-order valence-corrected chi connectivity index (χ3v) is 1.91. The van der Waals surface area contributed by atoms with Gasteiger partial charge in [-0.05, 0) is 11.5 Å². The molecule has 0 atom stereocenters. The van der Waals surface area contributed by atoms with Crippen molar-refractivity contribution in [1.82, 2.24) is 0 Å². The van der Waals surface area contributed by atoms with E-state index >= 15 is 0 Å². The molecule has 0 aliphatic rings. The maximum atomic E-state index is 12.3. The summed E-state index contributed by atoms with van der Waals surface area (Å²) < 4.78 is 73.6. The van der Waals surface area contributed by atoms with Gasteiger partial charge in [-0.15, -0.1) is 0 Å². The van der Waals surface area contributed by atoms with Gasteiger partial charge in [0.2, 0.25) is 0 Å². The second kappa shape index (κ2) is 5.61. The first-order chi connectivity index (χ1) is 7.51. The predicted molar refractivity (Wildman–Crippen MR) is 46.3 cm³/mol. The average Bonchev–Trinajstić information content (AvgIpc) is 2.14. The number of halogens is 6. The molecular weight excluding hydrogens is 359 g/mol. The zero-order valence-electron chi connectivity index (χ0n) is 8.29. The first-order valence-electron chi connectivity index (χ1n) is 4.17. The van der Waals surface area contributed by atoms with Crippen LogP contribution in [0.5, 0.6) is 0 Å². The first-order valence-corrected chi connectivity index (χ1v) is 4.17. The minimum Gasteiger partial charge on any atom is -0.423 e. The molecule has 1 aromatic carbocycles. The Balaban J connectivity index is 0.00000289. The summed E-state index contributed by atoms with van der Waals surface area (Å²) in [6, 6.07) is 0.408. The van der Waals surface area contributed by atoms with Crippen molar-refractivity contribution < 1.29 is 56.8 Å². The third kappa shape index (κ3) is 4.28. The molecular formula is C8H5BF6O2Pd+2. The molecule has 0 amide bonds. The molecule has 0 heterocycles. The molecule has 0 aromatic heterocycles. The maximum absolute atomic E-state index is 12.3. The van der Waals surface area contributed by atoms with Crippen LogP contribution < -0.4 is 5.46 Å². The fourth-order valence-electron chi connectivity index (χ4n) is 1.13. The van der Waals surface area contributed by atoms with Crippen molar-refractivity contribution >= 4 is 12.6 Å². The van der Waals surface area contributed by atoms with Crippen molar-refractivity contribution in [2.75, 3.05) is 0 Å². The molecule has 10 heteroatoms. The van der Waals surface area contributed by atoms with Gasteiger partial charge >= 0.3 is 39.9 Å². The van der Waals surface area contributed by atoms with Gasteiger partial charge in [-0.2, -0.15) is 26.3 Å². The Morgan fingerprint density at radius 1 is 0.778 bits per heavy atom. The average molecular weight is 364 g/mol. The summed E-state index contributed by atoms with van der Waals surface area (Å²) in [6.07, 6.45) is -9.99. The summed E-state index contributed by atoms with van der Waals surface area (Å²) in [5.41, 5.74) is -4.04. The predicted octanol–water partition coefficient (Wildman–Crippen LogP) is 1.40. The normalized spacial score (nSPS) is 12.0. The van der Waals surface area contributed by atoms with Gasteiger partial charge in [-0.3, -0.25) is 0 Å². The van der Waals surface area contributed by atoms with E-state index in [0.29, 0.717) is 0 Å². The molecule has 2 N–H and O–H groups in total. The van der Waals surface area contributed by atoms with Crippen LogP contribution in [0, 0.1) is 0 Å². The number of rotatable bonds is 1. The second-order valence-corrected chi connectivity index (χ2v) is 3.21. The summed E-state index contributed by atoms with van der Waals surface area (Å²) in [7, 11) is -2.40. The van der Waals surface area contributed by atoms with E-state index in [1.54, 1.807) is 0 Å². The standard InChI is InChI=1S/C8H5BF6O2.Pd/c10-7(11,12)4-1-5(8(13,14)15)3-6(2-4)9(16)17;/h1-3,16-17H;/q;+2. The molecule has 1 rings (SSSR count). The molecule has 18 heavy (non-hydrogen) atoms. The van der Waals surface area contributed by atoms with Crippen molar-refractivity contribution in [2.45, 2.75) is 12.4 Å². The zero-order chi connectivity index (χ0) is 13.4. The summed E-state index contributed by atoms with van der Waals surface area (Å²) in [5, 5.41) is 17.2. The fourth-order valence-corrected chi connectivity index (χ4v) is 1.13. The molecule has 0 aliphatic heterocycles. The molecule has 1 aromatic rings. The summed E-state index contributed by atoms with van der Waals surface area (Å²) in [5.74, 6) is 0. The summed E-state index contributed by atoms with van der Waals surface area (Å²) in [6.45, 7) is 0. The van der Waals surface area contributed by atoms with Gasteiger partial charge in [0, 0.05) is 0 Å². The van der Waals surface area contributed by atoms with E-state index < -0.39 is 36.1 Å². The molecule has 0 saturated carbocycles. The monoisotopic (exact) mass is 364 g/mol. The Morgan fingerprint density at radius 3 is 1.33 bits per heavy atom. The van der Waals surface area contributed by atoms with Gasteiger partial charge in [-0.1, -0.05) is 12.1 Å². The van der Waals surface area contributed by atoms with Gasteiger partial charge < -0.3 is 10.0 Å². The van der Waals surface area contributed by atoms with Crippen LogP contribution in [0.25, 0.3) is 0 Å². The zero-order valence-corrected chi connectivity index (χ0v) is 9.84. The number of hydrogen-bond donors (Lipinski definition) is 2. The molecule has 0 aliphatic carbocycles. The van der Waals surface area contributed by atoms with Gasteiger partial charge in [0.25, 0.3) is 0 Å². The van der Waals surface area contributed by atoms with Gasteiger partial charge in [0.05, 0.1) is 11.1 Å². The van der Waals surface area contributed by atoms with Crippen LogP contribution >= 0.6 is 0 Å². The molecule has 0 saturated heterocycles. The Morgan fingerprint density at radius 2 is 1.11 bits per heavy atom. The van der Waals surface area contributed by atoms with E-state index in [0.717, 1.165) is 0 Å². The summed E-state index contributed by atoms with van der Waals surface area (Å²) >= 11 is 0. The minimum absolute atomic E-state index is 0. The SMILES string of the molecule is OB(O)c1cc(C(F)(F)F)cc(C(F)(F)F)c1.[Pd+2]. The van der Waals surface area contributed by atoms with Crippen molar-refractivity contribution in [2.24, 2.45) is 0 Å². The van der Waals surface area contributed by atoms with Crippen LogP contribution in [0.3, 0.4) is 0 Å². The fraction of sp³-hybridized carbons (Fsp3) is 0.250. The molecule has 0 bridgehead atoms. The number of benzene rings is 1. The van der Waals surface area contributed by atoms with Crippen molar-refractivity contribution in [3.8, 4) is 0 Å². The van der Waals surface area contributed by atoms with Gasteiger partial charge in [0.15, 0.2) is 0 Å². The van der Waals surface area contributed by atoms with E-state index in [1.165, 1.54) is 0 Å². The van der Waals surface area contributed by atoms with E-state index in [2.05, 4.69) is 0 Å². The van der Waals surface area contributed by atoms with Crippen LogP contribution in [0.4, 0.5) is 26.3 Å². The maximum Gasteiger partial charge on any atom is 2.00 e. The van der Waals surface area contributed by atoms with Crippen LogP contribution in [-0.4, -0.2) is 17.2 Å². The molecule has 0 unspecified atom stereocenters. The first kappa shape index (κ1) is 17.4. The number of hydrogen-bond acceptors (Lipinski definition) is 2. The minimum atomic E-state index is -5.00. The van der Waals surface area contributed by atoms with Crippen LogP contribution in [0.15, 0.2) is 18.2 Å². The van der Waals surface area contributed by atoms with Crippen LogP contribution in [-0.2, 0) is 32.8 Å². The number of alkyl halides is 6. The molecule has 0 radical (unpaired) electrons. The van der Waals surface area contributed by atoms with E-state index in [4.69, 9.17) is 10.0 Å². The van der Waals surface area contributed by atoms with E-state index in [1.807, 2.05) is 0 Å². The molecule has 0 fully saturated rings. The Hall–Kier alpha value is -0.553. The smallest absolute Gasteiger partial charge is 0.423 e. The van der Waals surface area contributed by atoms with E-state index in [9.17, 15) is 26.3 Å². The van der Waals surface area contributed by atoms with Crippen LogP contribution in [0.2, 0.25) is 0 Å². The van der Waals surface area contributed by atoms with Crippen molar-refractivity contribution in [3.05, 3.63) is 29.3 Å². The second-order valence-electron chi connectivity index (χ2n) is 3.21. The van der Waals surface area contributed by atoms with E-state index in [-0.39, 0.29) is 38.6 Å². The Labute approximate surface area is 111 Å². The Kier molecular flexibility index (Phi) is 5.44. The van der Waals surface area contributed by atoms with Gasteiger partial charge in [-0.25, -0.2) is 0 Å². The largest absolute Gasteiger partial charge is 2.00 e. The van der Waals surface area contributed by atoms with Gasteiger partial charge in [0.1, 0.15) is 0 Å². The summed E-state index contributed by atoms with van der Waals surface area (Å²) in [4.78, 5) is 0. The van der Waals surface area contributed by atoms with Crippen molar-refractivity contribution in [1.29, 1.82) is 0 Å². The molecule has 0 spiro atoms. The quantitative estimate of drug-likeness (QED) is 0.584.